The van der Waals surface area contributed by atoms with Crippen LogP contribution in [0.2, 0.25) is 0 Å². The van der Waals surface area contributed by atoms with Crippen molar-refractivity contribution in [2.45, 2.75) is 49.1 Å². The Morgan fingerprint density at radius 3 is 2.46 bits per heavy atom. The fourth-order valence-corrected chi connectivity index (χ4v) is 7.11. The van der Waals surface area contributed by atoms with E-state index in [4.69, 9.17) is 15.9 Å². The van der Waals surface area contributed by atoms with E-state index < -0.39 is 22.0 Å². The van der Waals surface area contributed by atoms with Gasteiger partial charge in [0, 0.05) is 29.8 Å². The Morgan fingerprint density at radius 1 is 1.14 bits per heavy atom. The van der Waals surface area contributed by atoms with Gasteiger partial charge in [0.1, 0.15) is 11.9 Å². The lowest BCUT2D eigenvalue weighted by atomic mass is 10.0. The number of hydrogen-bond acceptors (Lipinski definition) is 7. The molecule has 1 amide bonds. The fraction of sp³-hybridized carbons (Fsp3) is 0.346. The van der Waals surface area contributed by atoms with E-state index in [0.29, 0.717) is 15.6 Å². The summed E-state index contributed by atoms with van der Waals surface area (Å²) in [4.78, 5) is 28.8. The Kier molecular flexibility index (Phi) is 7.96. The van der Waals surface area contributed by atoms with E-state index in [0.717, 1.165) is 30.6 Å². The maximum Gasteiger partial charge on any atom is 0.338 e. The van der Waals surface area contributed by atoms with Crippen molar-refractivity contribution in [1.29, 1.82) is 5.41 Å². The largest absolute Gasteiger partial charge is 0.465 e. The molecule has 1 fully saturated rings. The van der Waals surface area contributed by atoms with Gasteiger partial charge in [-0.25, -0.2) is 13.2 Å². The number of hydrogen-bond donors (Lipinski definition) is 3. The molecule has 0 radical (unpaired) electrons. The summed E-state index contributed by atoms with van der Waals surface area (Å²) in [5, 5.41) is 8.45. The Bertz CT molecular complexity index is 1440. The minimum atomic E-state index is -4.18. The molecule has 1 atom stereocenters. The van der Waals surface area contributed by atoms with Gasteiger partial charge in [-0.2, -0.15) is 4.72 Å². The lowest BCUT2D eigenvalue weighted by Gasteiger charge is -2.29. The number of nitrogen functional groups attached to an aromatic ring is 1. The van der Waals surface area contributed by atoms with Crippen LogP contribution in [-0.4, -0.2) is 57.3 Å². The second-order valence-corrected chi connectivity index (χ2v) is 11.9. The molecule has 37 heavy (non-hydrogen) atoms. The van der Waals surface area contributed by atoms with Crippen LogP contribution in [0.3, 0.4) is 0 Å². The van der Waals surface area contributed by atoms with Crippen molar-refractivity contribution in [1.82, 2.24) is 9.62 Å². The van der Waals surface area contributed by atoms with Crippen LogP contribution in [0, 0.1) is 5.41 Å². The topological polar surface area (TPSA) is 143 Å². The molecule has 1 aliphatic carbocycles. The van der Waals surface area contributed by atoms with Gasteiger partial charge in [-0.05, 0) is 42.5 Å². The first-order valence-electron chi connectivity index (χ1n) is 11.9. The highest BCUT2D eigenvalue weighted by molar-refractivity contribution is 7.89. The number of carbonyl (C=O) groups excluding carboxylic acids is 2. The number of esters is 1. The Labute approximate surface area is 220 Å². The molecule has 1 aromatic heterocycles. The van der Waals surface area contributed by atoms with E-state index in [2.05, 4.69) is 4.72 Å². The number of rotatable bonds is 9. The van der Waals surface area contributed by atoms with E-state index in [-0.39, 0.29) is 34.7 Å². The number of benzene rings is 2. The highest BCUT2D eigenvalue weighted by Crippen LogP contribution is 2.28. The Balaban J connectivity index is 1.71. The minimum Gasteiger partial charge on any atom is -0.465 e. The molecule has 0 spiro atoms. The highest BCUT2D eigenvalue weighted by atomic mass is 32.2. The zero-order chi connectivity index (χ0) is 26.7. The first-order chi connectivity index (χ1) is 17.6. The van der Waals surface area contributed by atoms with Crippen LogP contribution in [0.1, 0.15) is 45.8 Å². The van der Waals surface area contributed by atoms with E-state index in [1.165, 1.54) is 24.5 Å². The van der Waals surface area contributed by atoms with Gasteiger partial charge in [0.15, 0.2) is 0 Å². The molecule has 1 heterocycles. The molecule has 9 nitrogen and oxygen atoms in total. The normalized spacial score (nSPS) is 15.0. The SMILES string of the molecule is COC(=O)c1cccc2c(S(=O)(=O)N[C@@H](Cc3ccc(C(=N)N)s3)C(=O)N(C)C3CCCC3)cccc12. The third-order valence-corrected chi connectivity index (χ3v) is 9.40. The average molecular weight is 543 g/mol. The van der Waals surface area contributed by atoms with E-state index >= 15 is 0 Å². The summed E-state index contributed by atoms with van der Waals surface area (Å²) in [5.74, 6) is -0.970. The molecular weight excluding hydrogens is 512 g/mol. The van der Waals surface area contributed by atoms with Gasteiger partial charge in [0.2, 0.25) is 15.9 Å². The number of amidine groups is 1. The van der Waals surface area contributed by atoms with E-state index in [9.17, 15) is 18.0 Å². The van der Waals surface area contributed by atoms with Gasteiger partial charge in [-0.3, -0.25) is 10.2 Å². The van der Waals surface area contributed by atoms with Gasteiger partial charge in [0.05, 0.1) is 22.4 Å². The standard InChI is InChI=1S/C26H30N4O5S2/c1-30(16-7-3-4-8-16)25(31)21(15-17-13-14-22(36-17)24(27)28)29-37(33,34)23-12-6-9-18-19(23)10-5-11-20(18)26(32)35-2/h5-6,9-14,16,21,29H,3-4,7-8,15H2,1-2H3,(H3,27,28)/t21-/m0/s1. The van der Waals surface area contributed by atoms with Crippen molar-refractivity contribution in [3.05, 3.63) is 63.8 Å². The van der Waals surface area contributed by atoms with Crippen molar-refractivity contribution in [2.24, 2.45) is 5.73 Å². The fourth-order valence-electron chi connectivity index (χ4n) is 4.78. The first-order valence-corrected chi connectivity index (χ1v) is 14.2. The maximum absolute atomic E-state index is 13.7. The number of nitrogens with one attached hydrogen (secondary N) is 2. The molecule has 0 unspecified atom stereocenters. The van der Waals surface area contributed by atoms with Crippen LogP contribution in [0.5, 0.6) is 0 Å². The summed E-state index contributed by atoms with van der Waals surface area (Å²) in [6, 6.07) is 11.9. The smallest absolute Gasteiger partial charge is 0.338 e. The number of sulfonamides is 1. The molecule has 0 bridgehead atoms. The number of nitrogens with zero attached hydrogens (tertiary/aromatic N) is 1. The second-order valence-electron chi connectivity index (χ2n) is 9.09. The number of amides is 1. The zero-order valence-corrected chi connectivity index (χ0v) is 22.3. The zero-order valence-electron chi connectivity index (χ0n) is 20.7. The first kappa shape index (κ1) is 26.8. The van der Waals surface area contributed by atoms with Crippen molar-refractivity contribution >= 4 is 49.8 Å². The third kappa shape index (κ3) is 5.68. The number of fused-ring (bicyclic) bond motifs is 1. The van der Waals surface area contributed by atoms with Crippen LogP contribution in [0.4, 0.5) is 0 Å². The van der Waals surface area contributed by atoms with E-state index in [1.807, 2.05) is 0 Å². The molecule has 2 aromatic carbocycles. The molecular formula is C26H30N4O5S2. The number of thiophene rings is 1. The minimum absolute atomic E-state index is 0.0346. The summed E-state index contributed by atoms with van der Waals surface area (Å²) in [7, 11) is -1.19. The van der Waals surface area contributed by atoms with Gasteiger partial charge in [-0.15, -0.1) is 11.3 Å². The monoisotopic (exact) mass is 542 g/mol. The summed E-state index contributed by atoms with van der Waals surface area (Å²) < 4.78 is 34.9. The van der Waals surface area contributed by atoms with Crippen molar-refractivity contribution < 1.29 is 22.7 Å². The molecule has 1 aliphatic rings. The van der Waals surface area contributed by atoms with E-state index in [1.54, 1.807) is 54.4 Å². The molecule has 0 saturated heterocycles. The second kappa shape index (κ2) is 11.0. The van der Waals surface area contributed by atoms with Gasteiger partial charge in [0.25, 0.3) is 0 Å². The molecule has 3 aromatic rings. The highest BCUT2D eigenvalue weighted by Gasteiger charge is 2.33. The Morgan fingerprint density at radius 2 is 1.81 bits per heavy atom. The molecule has 0 aliphatic heterocycles. The summed E-state index contributed by atoms with van der Waals surface area (Å²) in [5.41, 5.74) is 5.85. The Hall–Kier alpha value is -3.28. The molecule has 11 heteroatoms. The number of carbonyl (C=O) groups is 2. The van der Waals surface area contributed by atoms with Crippen LogP contribution >= 0.6 is 11.3 Å². The van der Waals surface area contributed by atoms with Gasteiger partial charge >= 0.3 is 5.97 Å². The summed E-state index contributed by atoms with van der Waals surface area (Å²) >= 11 is 1.26. The van der Waals surface area contributed by atoms with Crippen LogP contribution in [0.25, 0.3) is 10.8 Å². The van der Waals surface area contributed by atoms with Crippen molar-refractivity contribution in [3.8, 4) is 0 Å². The van der Waals surface area contributed by atoms with Crippen LogP contribution in [0.15, 0.2) is 53.4 Å². The predicted octanol–water partition coefficient (Wildman–Crippen LogP) is 3.26. The average Bonchev–Trinajstić information content (AvgIpc) is 3.59. The quantitative estimate of drug-likeness (QED) is 0.215. The van der Waals surface area contributed by atoms with Gasteiger partial charge in [-0.1, -0.05) is 37.1 Å². The number of likely N-dealkylation sites (N-methyl/N-ethyl adjacent to an activating group) is 1. The lowest BCUT2D eigenvalue weighted by molar-refractivity contribution is -0.133. The van der Waals surface area contributed by atoms with Crippen LogP contribution < -0.4 is 10.5 Å². The summed E-state index contributed by atoms with van der Waals surface area (Å²) in [6.07, 6.45) is 3.95. The van der Waals surface area contributed by atoms with Crippen LogP contribution in [-0.2, 0) is 26.0 Å². The van der Waals surface area contributed by atoms with Crippen molar-refractivity contribution in [3.63, 3.8) is 0 Å². The number of nitrogens with two attached hydrogens (primary N) is 1. The number of ether oxygens (including phenoxy) is 1. The molecule has 196 valence electrons. The number of methoxy groups -OCH3 is 1. The molecule has 4 N–H and O–H groups in total. The maximum atomic E-state index is 13.7. The summed E-state index contributed by atoms with van der Waals surface area (Å²) in [6.45, 7) is 0. The molecule has 4 rings (SSSR count). The van der Waals surface area contributed by atoms with Crippen molar-refractivity contribution in [2.75, 3.05) is 14.2 Å². The lowest BCUT2D eigenvalue weighted by Crippen LogP contribution is -2.50. The predicted molar refractivity (Wildman–Crippen MR) is 143 cm³/mol. The van der Waals surface area contributed by atoms with Gasteiger partial charge < -0.3 is 15.4 Å². The third-order valence-electron chi connectivity index (χ3n) is 6.72. The molecule has 1 saturated carbocycles.